The molecule has 2 rings (SSSR count). The third kappa shape index (κ3) is 3.45. The Morgan fingerprint density at radius 2 is 2.21 bits per heavy atom. The standard InChI is InChI=1S/C15H26N4/c1-4-18(5-2)15-7-9-19(12-15)14-6-8-17-13(10-14)11-16-3/h6,8,10,15-16H,4-5,7,9,11-12H2,1-3H3. The summed E-state index contributed by atoms with van der Waals surface area (Å²) in [6, 6.07) is 5.04. The maximum Gasteiger partial charge on any atom is 0.0562 e. The normalized spacial score (nSPS) is 19.4. The van der Waals surface area contributed by atoms with Crippen molar-refractivity contribution in [2.45, 2.75) is 32.9 Å². The van der Waals surface area contributed by atoms with Crippen LogP contribution in [0.2, 0.25) is 0 Å². The van der Waals surface area contributed by atoms with Gasteiger partial charge in [0, 0.05) is 37.6 Å². The summed E-state index contributed by atoms with van der Waals surface area (Å²) < 4.78 is 0. The third-order valence-corrected chi connectivity index (χ3v) is 4.02. The zero-order valence-electron chi connectivity index (χ0n) is 12.4. The first-order valence-electron chi connectivity index (χ1n) is 7.37. The van der Waals surface area contributed by atoms with Crippen molar-refractivity contribution < 1.29 is 0 Å². The summed E-state index contributed by atoms with van der Waals surface area (Å²) in [5, 5.41) is 3.16. The lowest BCUT2D eigenvalue weighted by Gasteiger charge is -2.26. The molecule has 0 radical (unpaired) electrons. The van der Waals surface area contributed by atoms with Crippen molar-refractivity contribution in [2.75, 3.05) is 38.1 Å². The Bertz CT molecular complexity index is 389. The molecule has 2 heterocycles. The molecule has 1 N–H and O–H groups in total. The van der Waals surface area contributed by atoms with Gasteiger partial charge in [-0.05, 0) is 38.7 Å². The molecule has 0 bridgehead atoms. The molecule has 0 aliphatic carbocycles. The molecule has 1 aromatic rings. The average Bonchev–Trinajstić information content (AvgIpc) is 2.91. The van der Waals surface area contributed by atoms with Gasteiger partial charge in [-0.3, -0.25) is 9.88 Å². The Kier molecular flexibility index (Phi) is 5.16. The number of nitrogens with zero attached hydrogens (tertiary/aromatic N) is 3. The zero-order valence-corrected chi connectivity index (χ0v) is 12.4. The van der Waals surface area contributed by atoms with Crippen molar-refractivity contribution in [3.05, 3.63) is 24.0 Å². The smallest absolute Gasteiger partial charge is 0.0562 e. The zero-order chi connectivity index (χ0) is 13.7. The number of rotatable bonds is 6. The van der Waals surface area contributed by atoms with Gasteiger partial charge < -0.3 is 10.2 Å². The van der Waals surface area contributed by atoms with E-state index in [1.54, 1.807) is 0 Å². The Hall–Kier alpha value is -1.13. The molecule has 0 amide bonds. The summed E-state index contributed by atoms with van der Waals surface area (Å²) in [6.45, 7) is 9.94. The van der Waals surface area contributed by atoms with Gasteiger partial charge in [0.05, 0.1) is 5.69 Å². The summed E-state index contributed by atoms with van der Waals surface area (Å²) in [5.74, 6) is 0. The molecular weight excluding hydrogens is 236 g/mol. The van der Waals surface area contributed by atoms with Gasteiger partial charge >= 0.3 is 0 Å². The SMILES string of the molecule is CCN(CC)C1CCN(c2ccnc(CNC)c2)C1. The van der Waals surface area contributed by atoms with Gasteiger partial charge in [-0.15, -0.1) is 0 Å². The van der Waals surface area contributed by atoms with Crippen LogP contribution < -0.4 is 10.2 Å². The van der Waals surface area contributed by atoms with Crippen LogP contribution in [-0.2, 0) is 6.54 Å². The van der Waals surface area contributed by atoms with E-state index in [0.29, 0.717) is 6.04 Å². The maximum absolute atomic E-state index is 4.39. The van der Waals surface area contributed by atoms with Crippen LogP contribution >= 0.6 is 0 Å². The third-order valence-electron chi connectivity index (χ3n) is 4.02. The lowest BCUT2D eigenvalue weighted by atomic mass is 10.2. The van der Waals surface area contributed by atoms with Gasteiger partial charge in [-0.1, -0.05) is 13.8 Å². The number of anilines is 1. The number of aromatic nitrogens is 1. The molecule has 1 aliphatic rings. The summed E-state index contributed by atoms with van der Waals surface area (Å²) in [7, 11) is 1.96. The highest BCUT2D eigenvalue weighted by Crippen LogP contribution is 2.23. The van der Waals surface area contributed by atoms with E-state index < -0.39 is 0 Å². The van der Waals surface area contributed by atoms with Crippen LogP contribution in [0.5, 0.6) is 0 Å². The summed E-state index contributed by atoms with van der Waals surface area (Å²) in [5.41, 5.74) is 2.43. The molecule has 4 nitrogen and oxygen atoms in total. The minimum Gasteiger partial charge on any atom is -0.370 e. The van der Waals surface area contributed by atoms with Gasteiger partial charge in [0.1, 0.15) is 0 Å². The number of nitrogens with one attached hydrogen (secondary N) is 1. The molecule has 1 unspecified atom stereocenters. The van der Waals surface area contributed by atoms with Gasteiger partial charge in [0.25, 0.3) is 0 Å². The van der Waals surface area contributed by atoms with E-state index in [0.717, 1.165) is 38.4 Å². The second-order valence-corrected chi connectivity index (χ2v) is 5.15. The number of hydrogen-bond donors (Lipinski definition) is 1. The maximum atomic E-state index is 4.39. The van der Waals surface area contributed by atoms with Gasteiger partial charge in [-0.25, -0.2) is 0 Å². The van der Waals surface area contributed by atoms with Gasteiger partial charge in [-0.2, -0.15) is 0 Å². The van der Waals surface area contributed by atoms with E-state index in [-0.39, 0.29) is 0 Å². The monoisotopic (exact) mass is 262 g/mol. The number of likely N-dealkylation sites (N-methyl/N-ethyl adjacent to an activating group) is 1. The van der Waals surface area contributed by atoms with E-state index in [1.807, 2.05) is 13.2 Å². The molecule has 0 spiro atoms. The fourth-order valence-electron chi connectivity index (χ4n) is 2.95. The molecule has 0 aromatic carbocycles. The first kappa shape index (κ1) is 14.3. The van der Waals surface area contributed by atoms with Crippen molar-refractivity contribution >= 4 is 5.69 Å². The lowest BCUT2D eigenvalue weighted by molar-refractivity contribution is 0.232. The van der Waals surface area contributed by atoms with Crippen LogP contribution in [0.25, 0.3) is 0 Å². The predicted octanol–water partition coefficient (Wildman–Crippen LogP) is 1.72. The summed E-state index contributed by atoms with van der Waals surface area (Å²) in [6.07, 6.45) is 3.19. The quantitative estimate of drug-likeness (QED) is 0.846. The molecular formula is C15H26N4. The average molecular weight is 262 g/mol. The lowest BCUT2D eigenvalue weighted by Crippen LogP contribution is -2.37. The van der Waals surface area contributed by atoms with E-state index in [1.165, 1.54) is 12.1 Å². The molecule has 1 aliphatic heterocycles. The van der Waals surface area contributed by atoms with Crippen LogP contribution in [0.1, 0.15) is 26.0 Å². The van der Waals surface area contributed by atoms with Crippen LogP contribution in [-0.4, -0.2) is 49.2 Å². The highest BCUT2D eigenvalue weighted by Gasteiger charge is 2.26. The van der Waals surface area contributed by atoms with E-state index >= 15 is 0 Å². The molecule has 1 atom stereocenters. The topological polar surface area (TPSA) is 31.4 Å². The first-order valence-corrected chi connectivity index (χ1v) is 7.37. The Morgan fingerprint density at radius 1 is 1.42 bits per heavy atom. The predicted molar refractivity (Wildman–Crippen MR) is 80.5 cm³/mol. The molecule has 4 heteroatoms. The van der Waals surface area contributed by atoms with Crippen molar-refractivity contribution in [3.8, 4) is 0 Å². The fraction of sp³-hybridized carbons (Fsp3) is 0.667. The number of hydrogen-bond acceptors (Lipinski definition) is 4. The summed E-state index contributed by atoms with van der Waals surface area (Å²) in [4.78, 5) is 9.44. The minimum absolute atomic E-state index is 0.705. The Labute approximate surface area is 116 Å². The highest BCUT2D eigenvalue weighted by atomic mass is 15.2. The van der Waals surface area contributed by atoms with Crippen molar-refractivity contribution in [2.24, 2.45) is 0 Å². The van der Waals surface area contributed by atoms with Crippen LogP contribution in [0, 0.1) is 0 Å². The molecule has 1 saturated heterocycles. The second-order valence-electron chi connectivity index (χ2n) is 5.15. The summed E-state index contributed by atoms with van der Waals surface area (Å²) >= 11 is 0. The Morgan fingerprint density at radius 3 is 2.89 bits per heavy atom. The van der Waals surface area contributed by atoms with E-state index in [9.17, 15) is 0 Å². The van der Waals surface area contributed by atoms with Gasteiger partial charge in [0.15, 0.2) is 0 Å². The van der Waals surface area contributed by atoms with Gasteiger partial charge in [0.2, 0.25) is 0 Å². The fourth-order valence-corrected chi connectivity index (χ4v) is 2.95. The second kappa shape index (κ2) is 6.87. The molecule has 19 heavy (non-hydrogen) atoms. The van der Waals surface area contributed by atoms with Crippen molar-refractivity contribution in [3.63, 3.8) is 0 Å². The highest BCUT2D eigenvalue weighted by molar-refractivity contribution is 5.47. The van der Waals surface area contributed by atoms with Crippen LogP contribution in [0.15, 0.2) is 18.3 Å². The molecule has 106 valence electrons. The first-order chi connectivity index (χ1) is 9.28. The Balaban J connectivity index is 2.02. The molecule has 1 aromatic heterocycles. The number of pyridine rings is 1. The van der Waals surface area contributed by atoms with Crippen molar-refractivity contribution in [1.29, 1.82) is 0 Å². The largest absolute Gasteiger partial charge is 0.370 e. The van der Waals surface area contributed by atoms with Crippen LogP contribution in [0.3, 0.4) is 0 Å². The molecule has 0 saturated carbocycles. The van der Waals surface area contributed by atoms with E-state index in [4.69, 9.17) is 0 Å². The van der Waals surface area contributed by atoms with Crippen molar-refractivity contribution in [1.82, 2.24) is 15.2 Å². The minimum atomic E-state index is 0.705. The molecule has 1 fully saturated rings. The van der Waals surface area contributed by atoms with E-state index in [2.05, 4.69) is 46.1 Å². The van der Waals surface area contributed by atoms with Crippen LogP contribution in [0.4, 0.5) is 5.69 Å².